The minimum Gasteiger partial charge on any atom is -0.354 e. The van der Waals surface area contributed by atoms with Gasteiger partial charge in [-0.05, 0) is 31.7 Å². The summed E-state index contributed by atoms with van der Waals surface area (Å²) in [5, 5.41) is 2.93. The number of rotatable bonds is 10. The zero-order valence-corrected chi connectivity index (χ0v) is 14.7. The van der Waals surface area contributed by atoms with E-state index in [-0.39, 0.29) is 11.8 Å². The van der Waals surface area contributed by atoms with E-state index in [9.17, 15) is 9.59 Å². The molecule has 128 valence electrons. The van der Waals surface area contributed by atoms with E-state index < -0.39 is 6.04 Å². The Bertz CT molecular complexity index is 474. The minimum absolute atomic E-state index is 0.0570. The van der Waals surface area contributed by atoms with Crippen LogP contribution in [0.15, 0.2) is 30.3 Å². The van der Waals surface area contributed by atoms with Gasteiger partial charge < -0.3 is 10.2 Å². The van der Waals surface area contributed by atoms with Crippen molar-refractivity contribution < 1.29 is 9.59 Å². The van der Waals surface area contributed by atoms with Gasteiger partial charge in [0.2, 0.25) is 11.8 Å². The fourth-order valence-corrected chi connectivity index (χ4v) is 2.46. The number of nitrogens with one attached hydrogen (secondary N) is 1. The summed E-state index contributed by atoms with van der Waals surface area (Å²) in [5.74, 6) is -0.00228. The van der Waals surface area contributed by atoms with Crippen molar-refractivity contribution in [2.24, 2.45) is 0 Å². The van der Waals surface area contributed by atoms with Crippen molar-refractivity contribution in [1.29, 1.82) is 0 Å². The topological polar surface area (TPSA) is 49.4 Å². The van der Waals surface area contributed by atoms with Crippen LogP contribution < -0.4 is 5.32 Å². The van der Waals surface area contributed by atoms with Gasteiger partial charge in [0.25, 0.3) is 0 Å². The highest BCUT2D eigenvalue weighted by Gasteiger charge is 2.24. The van der Waals surface area contributed by atoms with E-state index in [1.165, 1.54) is 5.56 Å². The van der Waals surface area contributed by atoms with Crippen LogP contribution in [-0.4, -0.2) is 35.8 Å². The molecule has 0 saturated heterocycles. The fraction of sp³-hybridized carbons (Fsp3) is 0.579. The molecule has 1 rings (SSSR count). The Morgan fingerprint density at radius 3 is 2.43 bits per heavy atom. The smallest absolute Gasteiger partial charge is 0.242 e. The molecule has 0 aliphatic carbocycles. The summed E-state index contributed by atoms with van der Waals surface area (Å²) < 4.78 is 0. The maximum absolute atomic E-state index is 12.4. The second-order valence-electron chi connectivity index (χ2n) is 5.89. The summed E-state index contributed by atoms with van der Waals surface area (Å²) in [6, 6.07) is 9.65. The molecule has 1 N–H and O–H groups in total. The fourth-order valence-electron chi connectivity index (χ4n) is 2.46. The van der Waals surface area contributed by atoms with Crippen molar-refractivity contribution in [1.82, 2.24) is 10.2 Å². The highest BCUT2D eigenvalue weighted by molar-refractivity contribution is 5.87. The zero-order valence-electron chi connectivity index (χ0n) is 14.7. The molecule has 0 bridgehead atoms. The van der Waals surface area contributed by atoms with Crippen LogP contribution in [0, 0.1) is 0 Å². The van der Waals surface area contributed by atoms with Crippen LogP contribution in [0.4, 0.5) is 0 Å². The van der Waals surface area contributed by atoms with Crippen LogP contribution in [-0.2, 0) is 16.0 Å². The first-order valence-electron chi connectivity index (χ1n) is 8.71. The largest absolute Gasteiger partial charge is 0.354 e. The van der Waals surface area contributed by atoms with E-state index in [4.69, 9.17) is 0 Å². The second-order valence-corrected chi connectivity index (χ2v) is 5.89. The first-order valence-corrected chi connectivity index (χ1v) is 8.71. The number of benzene rings is 1. The van der Waals surface area contributed by atoms with Crippen molar-refractivity contribution in [3.8, 4) is 0 Å². The van der Waals surface area contributed by atoms with Crippen LogP contribution in [0.25, 0.3) is 0 Å². The van der Waals surface area contributed by atoms with Gasteiger partial charge in [-0.3, -0.25) is 9.59 Å². The van der Waals surface area contributed by atoms with Gasteiger partial charge in [0.05, 0.1) is 0 Å². The van der Waals surface area contributed by atoms with Crippen molar-refractivity contribution in [2.75, 3.05) is 13.1 Å². The number of hydrogen-bond acceptors (Lipinski definition) is 2. The van der Waals surface area contributed by atoms with Crippen LogP contribution in [0.5, 0.6) is 0 Å². The lowest BCUT2D eigenvalue weighted by Gasteiger charge is -2.28. The molecule has 23 heavy (non-hydrogen) atoms. The van der Waals surface area contributed by atoms with Crippen molar-refractivity contribution in [2.45, 2.75) is 58.9 Å². The zero-order chi connectivity index (χ0) is 17.1. The maximum atomic E-state index is 12.4. The maximum Gasteiger partial charge on any atom is 0.242 e. The van der Waals surface area contributed by atoms with Crippen molar-refractivity contribution in [3.05, 3.63) is 35.9 Å². The van der Waals surface area contributed by atoms with E-state index in [1.54, 1.807) is 4.90 Å². The van der Waals surface area contributed by atoms with Gasteiger partial charge in [0.1, 0.15) is 6.04 Å². The molecule has 0 heterocycles. The van der Waals surface area contributed by atoms with E-state index in [0.717, 1.165) is 25.7 Å². The van der Waals surface area contributed by atoms with Crippen LogP contribution in [0.1, 0.15) is 52.0 Å². The number of carbonyl (C=O) groups is 2. The number of unbranched alkanes of at least 4 members (excludes halogenated alkanes) is 1. The molecule has 0 unspecified atom stereocenters. The highest BCUT2D eigenvalue weighted by Crippen LogP contribution is 2.08. The molecule has 0 spiro atoms. The molecular weight excluding hydrogens is 288 g/mol. The van der Waals surface area contributed by atoms with Crippen LogP contribution in [0.2, 0.25) is 0 Å². The van der Waals surface area contributed by atoms with Crippen molar-refractivity contribution in [3.63, 3.8) is 0 Å². The third kappa shape index (κ3) is 6.85. The summed E-state index contributed by atoms with van der Waals surface area (Å²) in [4.78, 5) is 26.4. The predicted molar refractivity (Wildman–Crippen MR) is 94.1 cm³/mol. The lowest BCUT2D eigenvalue weighted by atomic mass is 10.1. The molecule has 4 heteroatoms. The summed E-state index contributed by atoms with van der Waals surface area (Å²) in [6.45, 7) is 7.14. The quantitative estimate of drug-likeness (QED) is 0.674. The molecule has 1 aromatic carbocycles. The Hall–Kier alpha value is -1.84. The highest BCUT2D eigenvalue weighted by atomic mass is 16.2. The second kappa shape index (κ2) is 10.8. The van der Waals surface area contributed by atoms with E-state index in [0.29, 0.717) is 19.5 Å². The van der Waals surface area contributed by atoms with Gasteiger partial charge in [0, 0.05) is 19.5 Å². The molecule has 0 saturated carbocycles. The van der Waals surface area contributed by atoms with E-state index in [1.807, 2.05) is 32.0 Å². The standard InChI is InChI=1S/C19H30N2O2/c1-4-6-14-20-19(23)16(3)21(18(22)10-5-2)15-13-17-11-8-7-9-12-17/h7-9,11-12,16H,4-6,10,13-15H2,1-3H3,(H,20,23)/t16-/m0/s1. The lowest BCUT2D eigenvalue weighted by Crippen LogP contribution is -2.48. The summed E-state index contributed by atoms with van der Waals surface area (Å²) in [6.07, 6.45) is 4.06. The monoisotopic (exact) mass is 318 g/mol. The van der Waals surface area contributed by atoms with E-state index in [2.05, 4.69) is 24.4 Å². The summed E-state index contributed by atoms with van der Waals surface area (Å²) in [7, 11) is 0. The van der Waals surface area contributed by atoms with Gasteiger partial charge in [-0.2, -0.15) is 0 Å². The third-order valence-corrected chi connectivity index (χ3v) is 3.94. The van der Waals surface area contributed by atoms with Gasteiger partial charge in [0.15, 0.2) is 0 Å². The molecule has 0 aliphatic heterocycles. The van der Waals surface area contributed by atoms with Gasteiger partial charge in [-0.25, -0.2) is 0 Å². The van der Waals surface area contributed by atoms with Gasteiger partial charge in [-0.1, -0.05) is 50.6 Å². The number of hydrogen-bond donors (Lipinski definition) is 1. The molecule has 2 amide bonds. The minimum atomic E-state index is -0.422. The molecule has 0 radical (unpaired) electrons. The Balaban J connectivity index is 2.67. The third-order valence-electron chi connectivity index (χ3n) is 3.94. The predicted octanol–water partition coefficient (Wildman–Crippen LogP) is 3.16. The van der Waals surface area contributed by atoms with Crippen LogP contribution in [0.3, 0.4) is 0 Å². The number of amides is 2. The number of carbonyl (C=O) groups excluding carboxylic acids is 2. The Morgan fingerprint density at radius 2 is 1.83 bits per heavy atom. The SMILES string of the molecule is CCCCNC(=O)[C@H](C)N(CCc1ccccc1)C(=O)CCC. The lowest BCUT2D eigenvalue weighted by molar-refractivity contribution is -0.139. The average Bonchev–Trinajstić information content (AvgIpc) is 2.56. The first-order chi connectivity index (χ1) is 11.1. The molecule has 0 aliphatic rings. The molecular formula is C19H30N2O2. The average molecular weight is 318 g/mol. The molecule has 1 aromatic rings. The molecule has 4 nitrogen and oxygen atoms in total. The normalized spacial score (nSPS) is 11.8. The molecule has 1 atom stereocenters. The molecule has 0 fully saturated rings. The Labute approximate surface area is 140 Å². The van der Waals surface area contributed by atoms with Crippen molar-refractivity contribution >= 4 is 11.8 Å². The molecule has 0 aromatic heterocycles. The Morgan fingerprint density at radius 1 is 1.13 bits per heavy atom. The summed E-state index contributed by atoms with van der Waals surface area (Å²) >= 11 is 0. The van der Waals surface area contributed by atoms with Crippen LogP contribution >= 0.6 is 0 Å². The number of nitrogens with zero attached hydrogens (tertiary/aromatic N) is 1. The van der Waals surface area contributed by atoms with Gasteiger partial charge >= 0.3 is 0 Å². The Kier molecular flexibility index (Phi) is 9.03. The summed E-state index contributed by atoms with van der Waals surface area (Å²) in [5.41, 5.74) is 1.18. The van der Waals surface area contributed by atoms with Gasteiger partial charge in [-0.15, -0.1) is 0 Å². The first kappa shape index (κ1) is 19.2. The van der Waals surface area contributed by atoms with E-state index >= 15 is 0 Å².